The Morgan fingerprint density at radius 1 is 1.29 bits per heavy atom. The summed E-state index contributed by atoms with van der Waals surface area (Å²) in [6, 6.07) is 7.04. The van der Waals surface area contributed by atoms with Gasteiger partial charge in [-0.25, -0.2) is 0 Å². The minimum Gasteiger partial charge on any atom is -0.508 e. The number of rotatable bonds is 1. The molecule has 1 N–H and O–H groups in total. The fourth-order valence-corrected chi connectivity index (χ4v) is 1.93. The maximum atomic E-state index is 9.16. The Morgan fingerprint density at radius 3 is 2.43 bits per heavy atom. The lowest BCUT2D eigenvalue weighted by atomic mass is 10.1. The predicted molar refractivity (Wildman–Crippen MR) is 58.0 cm³/mol. The Bertz CT molecular complexity index is 428. The number of benzene rings is 1. The molecular formula is C10H9BrN2O. The molecule has 0 aliphatic carbocycles. The molecule has 0 aliphatic rings. The van der Waals surface area contributed by atoms with E-state index in [4.69, 9.17) is 5.11 Å². The fourth-order valence-electron chi connectivity index (χ4n) is 1.35. The van der Waals surface area contributed by atoms with Crippen LogP contribution in [-0.2, 0) is 7.05 Å². The summed E-state index contributed by atoms with van der Waals surface area (Å²) < 4.78 is 2.74. The highest BCUT2D eigenvalue weighted by molar-refractivity contribution is 9.10. The third-order valence-corrected chi connectivity index (χ3v) is 2.62. The van der Waals surface area contributed by atoms with Crippen LogP contribution in [0.25, 0.3) is 11.3 Å². The number of hydrogen-bond donors (Lipinski definition) is 1. The summed E-state index contributed by atoms with van der Waals surface area (Å²) in [7, 11) is 1.88. The zero-order valence-corrected chi connectivity index (χ0v) is 9.19. The van der Waals surface area contributed by atoms with Crippen molar-refractivity contribution in [3.8, 4) is 17.0 Å². The van der Waals surface area contributed by atoms with E-state index in [1.165, 1.54) is 0 Å². The number of aromatic nitrogens is 2. The smallest absolute Gasteiger partial charge is 0.115 e. The number of aryl methyl sites for hydroxylation is 1. The minimum atomic E-state index is 0.270. The second-order valence-corrected chi connectivity index (χ2v) is 3.87. The van der Waals surface area contributed by atoms with E-state index in [1.807, 2.05) is 19.2 Å². The molecule has 2 aromatic rings. The van der Waals surface area contributed by atoms with Gasteiger partial charge >= 0.3 is 0 Å². The van der Waals surface area contributed by atoms with Gasteiger partial charge in [0, 0.05) is 12.6 Å². The minimum absolute atomic E-state index is 0.270. The van der Waals surface area contributed by atoms with E-state index in [9.17, 15) is 0 Å². The van der Waals surface area contributed by atoms with Crippen LogP contribution in [0.5, 0.6) is 5.75 Å². The Hall–Kier alpha value is -1.29. The number of phenols is 1. The van der Waals surface area contributed by atoms with E-state index in [0.717, 1.165) is 15.7 Å². The van der Waals surface area contributed by atoms with E-state index >= 15 is 0 Å². The average molecular weight is 253 g/mol. The highest BCUT2D eigenvalue weighted by Crippen LogP contribution is 2.28. The number of hydrogen-bond acceptors (Lipinski definition) is 2. The molecule has 1 aromatic carbocycles. The molecule has 0 amide bonds. The van der Waals surface area contributed by atoms with Gasteiger partial charge < -0.3 is 5.11 Å². The van der Waals surface area contributed by atoms with Gasteiger partial charge in [0.25, 0.3) is 0 Å². The summed E-state index contributed by atoms with van der Waals surface area (Å²) in [5, 5.41) is 13.3. The summed E-state index contributed by atoms with van der Waals surface area (Å²) in [6.45, 7) is 0. The van der Waals surface area contributed by atoms with Crippen molar-refractivity contribution in [2.75, 3.05) is 0 Å². The van der Waals surface area contributed by atoms with Gasteiger partial charge in [-0.15, -0.1) is 0 Å². The first-order chi connectivity index (χ1) is 6.68. The van der Waals surface area contributed by atoms with Crippen molar-refractivity contribution >= 4 is 15.9 Å². The van der Waals surface area contributed by atoms with E-state index in [0.29, 0.717) is 0 Å². The average Bonchev–Trinajstić information content (AvgIpc) is 2.49. The largest absolute Gasteiger partial charge is 0.508 e. The zero-order chi connectivity index (χ0) is 10.1. The Balaban J connectivity index is 2.54. The molecule has 4 heteroatoms. The number of nitrogens with zero attached hydrogens (tertiary/aromatic N) is 2. The molecule has 0 saturated heterocycles. The Labute approximate surface area is 90.1 Å². The van der Waals surface area contributed by atoms with Gasteiger partial charge in [0.2, 0.25) is 0 Å². The molecule has 72 valence electrons. The summed E-state index contributed by atoms with van der Waals surface area (Å²) in [5.74, 6) is 0.270. The molecule has 0 radical (unpaired) electrons. The highest BCUT2D eigenvalue weighted by Gasteiger charge is 2.07. The predicted octanol–water partition coefficient (Wildman–Crippen LogP) is 2.56. The van der Waals surface area contributed by atoms with E-state index < -0.39 is 0 Å². The van der Waals surface area contributed by atoms with Crippen LogP contribution in [0.2, 0.25) is 0 Å². The van der Waals surface area contributed by atoms with E-state index in [2.05, 4.69) is 21.0 Å². The lowest BCUT2D eigenvalue weighted by Crippen LogP contribution is -1.93. The standard InChI is InChI=1S/C10H9BrN2O/c1-13-10(9(11)6-12-13)7-2-4-8(14)5-3-7/h2-6,14H,1H3. The molecule has 2 rings (SSSR count). The van der Waals surface area contributed by atoms with Gasteiger partial charge in [-0.05, 0) is 40.2 Å². The van der Waals surface area contributed by atoms with Crippen molar-refractivity contribution in [1.82, 2.24) is 9.78 Å². The quantitative estimate of drug-likeness (QED) is 0.848. The number of halogens is 1. The normalized spacial score (nSPS) is 10.4. The van der Waals surface area contributed by atoms with Crippen LogP contribution in [0.15, 0.2) is 34.9 Å². The van der Waals surface area contributed by atoms with Crippen molar-refractivity contribution in [2.45, 2.75) is 0 Å². The summed E-state index contributed by atoms with van der Waals surface area (Å²) in [4.78, 5) is 0. The van der Waals surface area contributed by atoms with Gasteiger partial charge in [0.1, 0.15) is 5.75 Å². The van der Waals surface area contributed by atoms with Crippen LogP contribution in [0.4, 0.5) is 0 Å². The van der Waals surface area contributed by atoms with Crippen LogP contribution in [-0.4, -0.2) is 14.9 Å². The third kappa shape index (κ3) is 1.53. The lowest BCUT2D eigenvalue weighted by Gasteiger charge is -2.02. The Morgan fingerprint density at radius 2 is 1.93 bits per heavy atom. The van der Waals surface area contributed by atoms with Crippen LogP contribution in [0.3, 0.4) is 0 Å². The maximum absolute atomic E-state index is 9.16. The van der Waals surface area contributed by atoms with Gasteiger partial charge in [-0.3, -0.25) is 4.68 Å². The van der Waals surface area contributed by atoms with Crippen LogP contribution >= 0.6 is 15.9 Å². The topological polar surface area (TPSA) is 38.0 Å². The second-order valence-electron chi connectivity index (χ2n) is 3.01. The lowest BCUT2D eigenvalue weighted by molar-refractivity contribution is 0.475. The SMILES string of the molecule is Cn1ncc(Br)c1-c1ccc(O)cc1. The molecule has 0 atom stereocenters. The first-order valence-corrected chi connectivity index (χ1v) is 4.94. The monoisotopic (exact) mass is 252 g/mol. The van der Waals surface area contributed by atoms with Gasteiger partial charge in [0.15, 0.2) is 0 Å². The van der Waals surface area contributed by atoms with Crippen molar-refractivity contribution in [3.05, 3.63) is 34.9 Å². The third-order valence-electron chi connectivity index (χ3n) is 2.03. The van der Waals surface area contributed by atoms with E-state index in [-0.39, 0.29) is 5.75 Å². The molecule has 1 aromatic heterocycles. The van der Waals surface area contributed by atoms with Crippen LogP contribution in [0, 0.1) is 0 Å². The summed E-state index contributed by atoms with van der Waals surface area (Å²) in [5.41, 5.74) is 2.03. The fraction of sp³-hybridized carbons (Fsp3) is 0.100. The van der Waals surface area contributed by atoms with Crippen LogP contribution < -0.4 is 0 Å². The van der Waals surface area contributed by atoms with Crippen molar-refractivity contribution in [1.29, 1.82) is 0 Å². The van der Waals surface area contributed by atoms with Crippen molar-refractivity contribution < 1.29 is 5.11 Å². The molecule has 0 unspecified atom stereocenters. The molecule has 0 bridgehead atoms. The van der Waals surface area contributed by atoms with Gasteiger partial charge in [0.05, 0.1) is 16.4 Å². The van der Waals surface area contributed by atoms with Crippen molar-refractivity contribution in [3.63, 3.8) is 0 Å². The first kappa shape index (κ1) is 9.27. The number of aromatic hydroxyl groups is 1. The van der Waals surface area contributed by atoms with Crippen molar-refractivity contribution in [2.24, 2.45) is 7.05 Å². The second kappa shape index (κ2) is 3.46. The molecule has 1 heterocycles. The summed E-state index contributed by atoms with van der Waals surface area (Å²) in [6.07, 6.45) is 1.75. The van der Waals surface area contributed by atoms with Gasteiger partial charge in [-0.2, -0.15) is 5.10 Å². The van der Waals surface area contributed by atoms with Gasteiger partial charge in [-0.1, -0.05) is 0 Å². The summed E-state index contributed by atoms with van der Waals surface area (Å²) >= 11 is 3.43. The molecule has 3 nitrogen and oxygen atoms in total. The maximum Gasteiger partial charge on any atom is 0.115 e. The molecule has 0 aliphatic heterocycles. The van der Waals surface area contributed by atoms with Crippen LogP contribution in [0.1, 0.15) is 0 Å². The molecular weight excluding hydrogens is 244 g/mol. The number of phenolic OH excluding ortho intramolecular Hbond substituents is 1. The first-order valence-electron chi connectivity index (χ1n) is 4.15. The van der Waals surface area contributed by atoms with E-state index in [1.54, 1.807) is 23.0 Å². The molecule has 0 spiro atoms. The molecule has 0 saturated carbocycles. The zero-order valence-electron chi connectivity index (χ0n) is 7.61. The molecule has 0 fully saturated rings. The molecule has 14 heavy (non-hydrogen) atoms. The highest BCUT2D eigenvalue weighted by atomic mass is 79.9. The Kier molecular flexibility index (Phi) is 2.29.